The fraction of sp³-hybridized carbons (Fsp3) is 0.391. The largest absolute Gasteiger partial charge is 0.497 e. The molecule has 0 aliphatic carbocycles. The van der Waals surface area contributed by atoms with Gasteiger partial charge in [-0.15, -0.1) is 0 Å². The number of aromatic nitrogens is 1. The van der Waals surface area contributed by atoms with Crippen molar-refractivity contribution in [1.82, 2.24) is 15.2 Å². The lowest BCUT2D eigenvalue weighted by atomic mass is 10.1. The number of likely N-dealkylation sites (tertiary alicyclic amines) is 1. The van der Waals surface area contributed by atoms with Gasteiger partial charge in [-0.3, -0.25) is 4.79 Å². The van der Waals surface area contributed by atoms with Crippen molar-refractivity contribution in [2.24, 2.45) is 0 Å². The van der Waals surface area contributed by atoms with Gasteiger partial charge < -0.3 is 19.4 Å². The van der Waals surface area contributed by atoms with Crippen LogP contribution in [0.1, 0.15) is 41.1 Å². The van der Waals surface area contributed by atoms with Crippen molar-refractivity contribution in [2.75, 3.05) is 33.3 Å². The predicted octanol–water partition coefficient (Wildman–Crippen LogP) is 3.64. The molecule has 1 aromatic heterocycles. The molecular weight excluding hydrogens is 366 g/mol. The molecule has 0 saturated carbocycles. The quantitative estimate of drug-likeness (QED) is 0.592. The monoisotopic (exact) mass is 393 g/mol. The second-order valence-electron chi connectivity index (χ2n) is 7.47. The number of oxazole rings is 1. The number of ether oxygens (including phenoxy) is 1. The molecule has 6 heteroatoms. The molecule has 1 amide bonds. The van der Waals surface area contributed by atoms with E-state index in [1.807, 2.05) is 30.3 Å². The number of amides is 1. The highest BCUT2D eigenvalue weighted by Gasteiger charge is 2.13. The van der Waals surface area contributed by atoms with Crippen LogP contribution in [0.4, 0.5) is 0 Å². The maximum Gasteiger partial charge on any atom is 0.251 e. The Hall–Kier alpha value is -2.86. The minimum atomic E-state index is -0.0681. The van der Waals surface area contributed by atoms with Crippen LogP contribution in [0.2, 0.25) is 0 Å². The summed E-state index contributed by atoms with van der Waals surface area (Å²) in [5, 5.41) is 3.01. The van der Waals surface area contributed by atoms with Crippen molar-refractivity contribution in [3.63, 3.8) is 0 Å². The molecule has 2 heterocycles. The van der Waals surface area contributed by atoms with Gasteiger partial charge in [0, 0.05) is 18.5 Å². The van der Waals surface area contributed by atoms with Crippen molar-refractivity contribution in [3.05, 3.63) is 59.5 Å². The molecule has 1 fully saturated rings. The van der Waals surface area contributed by atoms with Crippen molar-refractivity contribution in [3.8, 4) is 5.75 Å². The SMILES string of the molecule is COc1ccc(Cc2nc3ccc(C(=O)NCCCN4CCCC4)cc3o2)cc1. The van der Waals surface area contributed by atoms with Crippen LogP contribution in [0, 0.1) is 0 Å². The number of hydrogen-bond acceptors (Lipinski definition) is 5. The normalized spacial score (nSPS) is 14.4. The molecule has 1 saturated heterocycles. The summed E-state index contributed by atoms with van der Waals surface area (Å²) >= 11 is 0. The summed E-state index contributed by atoms with van der Waals surface area (Å²) in [6, 6.07) is 13.3. The van der Waals surface area contributed by atoms with E-state index in [1.54, 1.807) is 19.2 Å². The number of nitrogens with zero attached hydrogens (tertiary/aromatic N) is 2. The molecule has 1 N–H and O–H groups in total. The number of carbonyl (C=O) groups excluding carboxylic acids is 1. The molecule has 3 aromatic rings. The number of benzene rings is 2. The lowest BCUT2D eigenvalue weighted by Gasteiger charge is -2.14. The number of nitrogens with one attached hydrogen (secondary N) is 1. The van der Waals surface area contributed by atoms with E-state index < -0.39 is 0 Å². The number of rotatable bonds is 8. The molecule has 1 aliphatic heterocycles. The zero-order valence-electron chi connectivity index (χ0n) is 16.8. The molecule has 29 heavy (non-hydrogen) atoms. The Morgan fingerprint density at radius 1 is 1.17 bits per heavy atom. The molecule has 2 aromatic carbocycles. The van der Waals surface area contributed by atoms with E-state index in [0.717, 1.165) is 29.8 Å². The maximum atomic E-state index is 12.4. The highest BCUT2D eigenvalue weighted by molar-refractivity contribution is 5.97. The first-order valence-electron chi connectivity index (χ1n) is 10.2. The van der Waals surface area contributed by atoms with E-state index in [1.165, 1.54) is 25.9 Å². The number of methoxy groups -OCH3 is 1. The molecule has 0 bridgehead atoms. The fourth-order valence-electron chi connectivity index (χ4n) is 3.72. The van der Waals surface area contributed by atoms with Crippen LogP contribution in [0.5, 0.6) is 5.75 Å². The number of hydrogen-bond donors (Lipinski definition) is 1. The van der Waals surface area contributed by atoms with Gasteiger partial charge in [0.2, 0.25) is 0 Å². The topological polar surface area (TPSA) is 67.6 Å². The first kappa shape index (κ1) is 19.5. The first-order chi connectivity index (χ1) is 14.2. The van der Waals surface area contributed by atoms with Crippen LogP contribution in [0.3, 0.4) is 0 Å². The first-order valence-corrected chi connectivity index (χ1v) is 10.2. The van der Waals surface area contributed by atoms with E-state index >= 15 is 0 Å². The van der Waals surface area contributed by atoms with E-state index in [0.29, 0.717) is 30.0 Å². The van der Waals surface area contributed by atoms with Gasteiger partial charge in [0.1, 0.15) is 11.3 Å². The lowest BCUT2D eigenvalue weighted by molar-refractivity contribution is 0.0952. The van der Waals surface area contributed by atoms with Gasteiger partial charge in [-0.05, 0) is 74.8 Å². The van der Waals surface area contributed by atoms with Crippen molar-refractivity contribution < 1.29 is 13.9 Å². The molecule has 4 rings (SSSR count). The third kappa shape index (κ3) is 4.95. The fourth-order valence-corrected chi connectivity index (χ4v) is 3.72. The van der Waals surface area contributed by atoms with Crippen molar-refractivity contribution in [1.29, 1.82) is 0 Å². The van der Waals surface area contributed by atoms with Crippen molar-refractivity contribution in [2.45, 2.75) is 25.7 Å². The van der Waals surface area contributed by atoms with Crippen LogP contribution in [-0.4, -0.2) is 49.1 Å². The van der Waals surface area contributed by atoms with Crippen molar-refractivity contribution >= 4 is 17.0 Å². The second-order valence-corrected chi connectivity index (χ2v) is 7.47. The summed E-state index contributed by atoms with van der Waals surface area (Å²) in [5.41, 5.74) is 3.09. The Labute approximate surface area is 170 Å². The van der Waals surface area contributed by atoms with Crippen LogP contribution >= 0.6 is 0 Å². The smallest absolute Gasteiger partial charge is 0.251 e. The summed E-state index contributed by atoms with van der Waals surface area (Å²) in [6.07, 6.45) is 4.16. The highest BCUT2D eigenvalue weighted by atomic mass is 16.5. The molecule has 0 spiro atoms. The Morgan fingerprint density at radius 3 is 2.72 bits per heavy atom. The van der Waals surface area contributed by atoms with E-state index in [4.69, 9.17) is 9.15 Å². The second kappa shape index (κ2) is 9.09. The predicted molar refractivity (Wildman–Crippen MR) is 112 cm³/mol. The van der Waals surface area contributed by atoms with Gasteiger partial charge >= 0.3 is 0 Å². The molecule has 0 atom stereocenters. The van der Waals surface area contributed by atoms with Gasteiger partial charge in [-0.2, -0.15) is 0 Å². The summed E-state index contributed by atoms with van der Waals surface area (Å²) in [5.74, 6) is 1.39. The summed E-state index contributed by atoms with van der Waals surface area (Å²) in [7, 11) is 1.65. The Kier molecular flexibility index (Phi) is 6.10. The molecule has 152 valence electrons. The Balaban J connectivity index is 1.34. The minimum absolute atomic E-state index is 0.0681. The van der Waals surface area contributed by atoms with Gasteiger partial charge in [-0.25, -0.2) is 4.98 Å². The van der Waals surface area contributed by atoms with Crippen LogP contribution in [0.15, 0.2) is 46.9 Å². The zero-order valence-corrected chi connectivity index (χ0v) is 16.8. The average Bonchev–Trinajstić information content (AvgIpc) is 3.40. The maximum absolute atomic E-state index is 12.4. The molecular formula is C23H27N3O3. The van der Waals surface area contributed by atoms with E-state index in [2.05, 4.69) is 15.2 Å². The third-order valence-electron chi connectivity index (χ3n) is 5.34. The van der Waals surface area contributed by atoms with Gasteiger partial charge in [0.25, 0.3) is 5.91 Å². The van der Waals surface area contributed by atoms with E-state index in [9.17, 15) is 4.79 Å². The summed E-state index contributed by atoms with van der Waals surface area (Å²) in [4.78, 5) is 19.4. The van der Waals surface area contributed by atoms with E-state index in [-0.39, 0.29) is 5.91 Å². The van der Waals surface area contributed by atoms with Crippen LogP contribution in [-0.2, 0) is 6.42 Å². The van der Waals surface area contributed by atoms with Crippen LogP contribution < -0.4 is 10.1 Å². The van der Waals surface area contributed by atoms with Gasteiger partial charge in [0.15, 0.2) is 11.5 Å². The lowest BCUT2D eigenvalue weighted by Crippen LogP contribution is -2.28. The molecule has 1 aliphatic rings. The summed E-state index contributed by atoms with van der Waals surface area (Å²) in [6.45, 7) is 4.12. The summed E-state index contributed by atoms with van der Waals surface area (Å²) < 4.78 is 11.1. The van der Waals surface area contributed by atoms with Gasteiger partial charge in [-0.1, -0.05) is 12.1 Å². The van der Waals surface area contributed by atoms with Crippen LogP contribution in [0.25, 0.3) is 11.1 Å². The molecule has 0 unspecified atom stereocenters. The standard InChI is InChI=1S/C23H27N3O3/c1-28-19-8-5-17(6-9-19)15-22-25-20-10-7-18(16-21(20)29-22)23(27)24-11-4-14-26-12-2-3-13-26/h5-10,16H,2-4,11-15H2,1H3,(H,24,27). The van der Waals surface area contributed by atoms with Gasteiger partial charge in [0.05, 0.1) is 7.11 Å². The molecule has 6 nitrogen and oxygen atoms in total. The Bertz CT molecular complexity index is 959. The average molecular weight is 393 g/mol. The minimum Gasteiger partial charge on any atom is -0.497 e. The number of fused-ring (bicyclic) bond motifs is 1. The Morgan fingerprint density at radius 2 is 1.97 bits per heavy atom. The zero-order chi connectivity index (χ0) is 20.1. The number of carbonyl (C=O) groups is 1. The highest BCUT2D eigenvalue weighted by Crippen LogP contribution is 2.20. The third-order valence-corrected chi connectivity index (χ3v) is 5.34. The molecule has 0 radical (unpaired) electrons.